The standard InChI is InChI=1S/C22H22N2O3/c1-15(17-8-11-20(26-3)12-9-17)23-24-22(25)16(2)27-21-13-10-18-6-4-5-7-19(18)14-21/h4-14,16H,1-3H3,(H,24,25)/b23-15+/t16-/m1/s1. The third kappa shape index (κ3) is 4.64. The van der Waals surface area contributed by atoms with Crippen molar-refractivity contribution in [3.05, 3.63) is 72.3 Å². The summed E-state index contributed by atoms with van der Waals surface area (Å²) in [5.41, 5.74) is 4.16. The van der Waals surface area contributed by atoms with Crippen LogP contribution < -0.4 is 14.9 Å². The van der Waals surface area contributed by atoms with Gasteiger partial charge in [0.15, 0.2) is 6.10 Å². The van der Waals surface area contributed by atoms with Crippen LogP contribution in [0.4, 0.5) is 0 Å². The minimum atomic E-state index is -0.668. The molecule has 1 amide bonds. The number of hydrogen-bond donors (Lipinski definition) is 1. The van der Waals surface area contributed by atoms with E-state index in [2.05, 4.69) is 10.5 Å². The highest BCUT2D eigenvalue weighted by atomic mass is 16.5. The van der Waals surface area contributed by atoms with Crippen LogP contribution in [0.5, 0.6) is 11.5 Å². The predicted octanol–water partition coefficient (Wildman–Crippen LogP) is 4.16. The molecule has 138 valence electrons. The summed E-state index contributed by atoms with van der Waals surface area (Å²) in [4.78, 5) is 12.3. The number of nitrogens with one attached hydrogen (secondary N) is 1. The largest absolute Gasteiger partial charge is 0.497 e. The molecule has 0 fully saturated rings. The normalized spacial score (nSPS) is 12.5. The topological polar surface area (TPSA) is 59.9 Å². The first-order valence-corrected chi connectivity index (χ1v) is 8.71. The number of amides is 1. The fourth-order valence-corrected chi connectivity index (χ4v) is 2.62. The third-order valence-corrected chi connectivity index (χ3v) is 4.24. The summed E-state index contributed by atoms with van der Waals surface area (Å²) < 4.78 is 10.9. The lowest BCUT2D eigenvalue weighted by molar-refractivity contribution is -0.127. The number of benzene rings is 3. The van der Waals surface area contributed by atoms with E-state index >= 15 is 0 Å². The maximum Gasteiger partial charge on any atom is 0.280 e. The monoisotopic (exact) mass is 362 g/mol. The zero-order valence-corrected chi connectivity index (χ0v) is 15.6. The second-order valence-corrected chi connectivity index (χ2v) is 6.17. The van der Waals surface area contributed by atoms with Crippen molar-refractivity contribution >= 4 is 22.4 Å². The number of ether oxygens (including phenoxy) is 2. The summed E-state index contributed by atoms with van der Waals surface area (Å²) >= 11 is 0. The van der Waals surface area contributed by atoms with Gasteiger partial charge in [0, 0.05) is 0 Å². The highest BCUT2D eigenvalue weighted by molar-refractivity contribution is 5.99. The smallest absolute Gasteiger partial charge is 0.280 e. The molecule has 0 aliphatic carbocycles. The van der Waals surface area contributed by atoms with Crippen molar-refractivity contribution in [1.29, 1.82) is 0 Å². The summed E-state index contributed by atoms with van der Waals surface area (Å²) in [6, 6.07) is 21.2. The number of hydrazone groups is 1. The van der Waals surface area contributed by atoms with Gasteiger partial charge in [-0.1, -0.05) is 30.3 Å². The van der Waals surface area contributed by atoms with Gasteiger partial charge in [0.25, 0.3) is 5.91 Å². The van der Waals surface area contributed by atoms with Crippen LogP contribution in [-0.4, -0.2) is 24.8 Å². The molecule has 0 unspecified atom stereocenters. The van der Waals surface area contributed by atoms with Crippen molar-refractivity contribution in [3.63, 3.8) is 0 Å². The Hall–Kier alpha value is -3.34. The summed E-state index contributed by atoms with van der Waals surface area (Å²) in [7, 11) is 1.62. The minimum absolute atomic E-state index is 0.309. The average Bonchev–Trinajstić information content (AvgIpc) is 2.71. The first-order chi connectivity index (χ1) is 13.1. The molecular formula is C22H22N2O3. The van der Waals surface area contributed by atoms with Crippen LogP contribution >= 0.6 is 0 Å². The summed E-state index contributed by atoms with van der Waals surface area (Å²) in [6.45, 7) is 3.53. The molecule has 0 heterocycles. The quantitative estimate of drug-likeness (QED) is 0.529. The number of carbonyl (C=O) groups is 1. The molecule has 5 nitrogen and oxygen atoms in total. The van der Waals surface area contributed by atoms with E-state index in [9.17, 15) is 4.79 Å². The molecule has 0 aliphatic heterocycles. The molecule has 0 bridgehead atoms. The van der Waals surface area contributed by atoms with E-state index < -0.39 is 6.10 Å². The Balaban J connectivity index is 1.62. The summed E-state index contributed by atoms with van der Waals surface area (Å²) in [5.74, 6) is 1.11. The molecule has 3 rings (SSSR count). The number of hydrogen-bond acceptors (Lipinski definition) is 4. The van der Waals surface area contributed by atoms with Gasteiger partial charge in [0.1, 0.15) is 11.5 Å². The summed E-state index contributed by atoms with van der Waals surface area (Å²) in [6.07, 6.45) is -0.668. The zero-order valence-electron chi connectivity index (χ0n) is 15.6. The SMILES string of the molecule is COc1ccc(/C(C)=N/NC(=O)[C@@H](C)Oc2ccc3ccccc3c2)cc1. The average molecular weight is 362 g/mol. The Kier molecular flexibility index (Phi) is 5.71. The molecule has 0 saturated carbocycles. The molecule has 0 saturated heterocycles. The number of nitrogens with zero attached hydrogens (tertiary/aromatic N) is 1. The molecule has 3 aromatic rings. The number of rotatable bonds is 6. The highest BCUT2D eigenvalue weighted by Crippen LogP contribution is 2.21. The van der Waals surface area contributed by atoms with Gasteiger partial charge in [-0.2, -0.15) is 5.10 Å². The van der Waals surface area contributed by atoms with Crippen molar-refractivity contribution < 1.29 is 14.3 Å². The Labute approximate surface area is 158 Å². The van der Waals surface area contributed by atoms with Crippen molar-refractivity contribution in [3.8, 4) is 11.5 Å². The van der Waals surface area contributed by atoms with Gasteiger partial charge in [-0.3, -0.25) is 4.79 Å². The van der Waals surface area contributed by atoms with Gasteiger partial charge < -0.3 is 9.47 Å². The molecule has 0 aromatic heterocycles. The Morgan fingerprint density at radius 3 is 2.33 bits per heavy atom. The molecule has 27 heavy (non-hydrogen) atoms. The zero-order chi connectivity index (χ0) is 19.2. The second-order valence-electron chi connectivity index (χ2n) is 6.17. The van der Waals surface area contributed by atoms with Crippen LogP contribution in [0, 0.1) is 0 Å². The fourth-order valence-electron chi connectivity index (χ4n) is 2.62. The first kappa shape index (κ1) is 18.5. The van der Waals surface area contributed by atoms with Crippen LogP contribution in [-0.2, 0) is 4.79 Å². The minimum Gasteiger partial charge on any atom is -0.497 e. The van der Waals surface area contributed by atoms with Gasteiger partial charge >= 0.3 is 0 Å². The van der Waals surface area contributed by atoms with E-state index in [4.69, 9.17) is 9.47 Å². The third-order valence-electron chi connectivity index (χ3n) is 4.24. The summed E-state index contributed by atoms with van der Waals surface area (Å²) in [5, 5.41) is 6.35. The van der Waals surface area contributed by atoms with Gasteiger partial charge in [-0.05, 0) is 66.6 Å². The Bertz CT molecular complexity index is 965. The van der Waals surface area contributed by atoms with Crippen LogP contribution in [0.15, 0.2) is 71.8 Å². The second kappa shape index (κ2) is 8.36. The van der Waals surface area contributed by atoms with Gasteiger partial charge in [-0.25, -0.2) is 5.43 Å². The first-order valence-electron chi connectivity index (χ1n) is 8.71. The van der Waals surface area contributed by atoms with E-state index in [0.717, 1.165) is 22.1 Å². The highest BCUT2D eigenvalue weighted by Gasteiger charge is 2.14. The number of carbonyl (C=O) groups excluding carboxylic acids is 1. The molecule has 0 aliphatic rings. The molecule has 0 radical (unpaired) electrons. The Morgan fingerprint density at radius 1 is 0.963 bits per heavy atom. The van der Waals surface area contributed by atoms with E-state index in [-0.39, 0.29) is 5.91 Å². The van der Waals surface area contributed by atoms with Crippen LogP contribution in [0.3, 0.4) is 0 Å². The van der Waals surface area contributed by atoms with Crippen LogP contribution in [0.2, 0.25) is 0 Å². The number of fused-ring (bicyclic) bond motifs is 1. The lowest BCUT2D eigenvalue weighted by Crippen LogP contribution is -2.33. The van der Waals surface area contributed by atoms with Crippen molar-refractivity contribution in [2.45, 2.75) is 20.0 Å². The van der Waals surface area contributed by atoms with E-state index in [1.54, 1.807) is 14.0 Å². The van der Waals surface area contributed by atoms with Crippen molar-refractivity contribution in [2.24, 2.45) is 5.10 Å². The molecular weight excluding hydrogens is 340 g/mol. The van der Waals surface area contributed by atoms with Gasteiger partial charge in [0.05, 0.1) is 12.8 Å². The predicted molar refractivity (Wildman–Crippen MR) is 107 cm³/mol. The van der Waals surface area contributed by atoms with E-state index in [1.807, 2.05) is 73.7 Å². The van der Waals surface area contributed by atoms with Crippen LogP contribution in [0.25, 0.3) is 10.8 Å². The fraction of sp³-hybridized carbons (Fsp3) is 0.182. The number of methoxy groups -OCH3 is 1. The molecule has 1 atom stereocenters. The molecule has 0 spiro atoms. The van der Waals surface area contributed by atoms with Crippen LogP contribution in [0.1, 0.15) is 19.4 Å². The van der Waals surface area contributed by atoms with Crippen molar-refractivity contribution in [1.82, 2.24) is 5.43 Å². The van der Waals surface area contributed by atoms with Crippen molar-refractivity contribution in [2.75, 3.05) is 7.11 Å². The lowest BCUT2D eigenvalue weighted by Gasteiger charge is -2.14. The molecule has 5 heteroatoms. The van der Waals surface area contributed by atoms with Gasteiger partial charge in [0.2, 0.25) is 0 Å². The maximum atomic E-state index is 12.3. The molecule has 1 N–H and O–H groups in total. The van der Waals surface area contributed by atoms with E-state index in [0.29, 0.717) is 11.5 Å². The van der Waals surface area contributed by atoms with E-state index in [1.165, 1.54) is 0 Å². The maximum absolute atomic E-state index is 12.3. The molecule has 3 aromatic carbocycles. The Morgan fingerprint density at radius 2 is 1.63 bits per heavy atom. The lowest BCUT2D eigenvalue weighted by atomic mass is 10.1. The van der Waals surface area contributed by atoms with Gasteiger partial charge in [-0.15, -0.1) is 0 Å².